The van der Waals surface area contributed by atoms with Crippen molar-refractivity contribution in [3.05, 3.63) is 30.1 Å². The maximum absolute atomic E-state index is 11.7. The summed E-state index contributed by atoms with van der Waals surface area (Å²) in [6.45, 7) is 1.40. The van der Waals surface area contributed by atoms with Gasteiger partial charge in [0.05, 0.1) is 11.7 Å². The molecule has 1 aliphatic rings. The first-order valence-corrected chi connectivity index (χ1v) is 5.66. The molecule has 1 fully saturated rings. The van der Waals surface area contributed by atoms with E-state index in [4.69, 9.17) is 4.74 Å². The second-order valence-electron chi connectivity index (χ2n) is 3.94. The summed E-state index contributed by atoms with van der Waals surface area (Å²) >= 11 is 0. The number of ether oxygens (including phenoxy) is 1. The third-order valence-electron chi connectivity index (χ3n) is 2.69. The lowest BCUT2D eigenvalue weighted by Gasteiger charge is -2.22. The van der Waals surface area contributed by atoms with E-state index in [1.54, 1.807) is 24.5 Å². The van der Waals surface area contributed by atoms with E-state index in [-0.39, 0.29) is 12.0 Å². The van der Waals surface area contributed by atoms with Crippen LogP contribution in [0.2, 0.25) is 0 Å². The first kappa shape index (κ1) is 11.1. The second-order valence-corrected chi connectivity index (χ2v) is 3.94. The number of amides is 1. The highest BCUT2D eigenvalue weighted by Crippen LogP contribution is 2.11. The smallest absolute Gasteiger partial charge is 0.252 e. The summed E-state index contributed by atoms with van der Waals surface area (Å²) in [5.74, 6) is -0.0812. The van der Waals surface area contributed by atoms with Gasteiger partial charge in [0.1, 0.15) is 0 Å². The summed E-state index contributed by atoms with van der Waals surface area (Å²) in [7, 11) is 0. The molecule has 4 heteroatoms. The van der Waals surface area contributed by atoms with Crippen molar-refractivity contribution < 1.29 is 9.53 Å². The number of hydrogen-bond acceptors (Lipinski definition) is 3. The summed E-state index contributed by atoms with van der Waals surface area (Å²) in [6.07, 6.45) is 6.75. The van der Waals surface area contributed by atoms with Crippen LogP contribution < -0.4 is 5.32 Å². The molecule has 0 aliphatic carbocycles. The zero-order valence-electron chi connectivity index (χ0n) is 9.19. The van der Waals surface area contributed by atoms with Crippen molar-refractivity contribution in [1.82, 2.24) is 10.3 Å². The first-order valence-electron chi connectivity index (χ1n) is 5.66. The molecule has 1 atom stereocenters. The monoisotopic (exact) mass is 220 g/mol. The molecule has 1 aromatic rings. The molecule has 0 spiro atoms. The highest BCUT2D eigenvalue weighted by Gasteiger charge is 2.15. The molecule has 1 saturated heterocycles. The number of carbonyl (C=O) groups is 1. The molecular weight excluding hydrogens is 204 g/mol. The molecule has 86 valence electrons. The van der Waals surface area contributed by atoms with Crippen molar-refractivity contribution in [2.45, 2.75) is 25.4 Å². The summed E-state index contributed by atoms with van der Waals surface area (Å²) in [4.78, 5) is 15.6. The fourth-order valence-corrected chi connectivity index (χ4v) is 1.77. The van der Waals surface area contributed by atoms with Crippen LogP contribution in [0.25, 0.3) is 0 Å². The molecule has 1 unspecified atom stereocenters. The zero-order chi connectivity index (χ0) is 11.2. The van der Waals surface area contributed by atoms with Crippen molar-refractivity contribution in [3.8, 4) is 0 Å². The van der Waals surface area contributed by atoms with Gasteiger partial charge in [-0.3, -0.25) is 9.78 Å². The minimum absolute atomic E-state index is 0.0812. The third-order valence-corrected chi connectivity index (χ3v) is 2.69. The zero-order valence-corrected chi connectivity index (χ0v) is 9.19. The van der Waals surface area contributed by atoms with Gasteiger partial charge in [0.15, 0.2) is 0 Å². The average molecular weight is 220 g/mol. The van der Waals surface area contributed by atoms with Gasteiger partial charge in [0.25, 0.3) is 5.91 Å². The van der Waals surface area contributed by atoms with E-state index in [1.165, 1.54) is 6.42 Å². The van der Waals surface area contributed by atoms with E-state index in [0.29, 0.717) is 12.1 Å². The van der Waals surface area contributed by atoms with Gasteiger partial charge in [-0.1, -0.05) is 0 Å². The van der Waals surface area contributed by atoms with Crippen molar-refractivity contribution in [2.24, 2.45) is 0 Å². The Bertz CT molecular complexity index is 334. The van der Waals surface area contributed by atoms with Gasteiger partial charge in [-0.2, -0.15) is 0 Å². The topological polar surface area (TPSA) is 51.2 Å². The van der Waals surface area contributed by atoms with Crippen molar-refractivity contribution in [3.63, 3.8) is 0 Å². The average Bonchev–Trinajstić information content (AvgIpc) is 2.38. The number of rotatable bonds is 3. The van der Waals surface area contributed by atoms with Crippen LogP contribution in [0.15, 0.2) is 24.5 Å². The van der Waals surface area contributed by atoms with Crippen LogP contribution in [0.3, 0.4) is 0 Å². The van der Waals surface area contributed by atoms with Gasteiger partial charge in [0.2, 0.25) is 0 Å². The van der Waals surface area contributed by atoms with Gasteiger partial charge in [-0.05, 0) is 31.4 Å². The van der Waals surface area contributed by atoms with E-state index in [0.717, 1.165) is 19.4 Å². The Morgan fingerprint density at radius 1 is 1.56 bits per heavy atom. The number of hydrogen-bond donors (Lipinski definition) is 1. The summed E-state index contributed by atoms with van der Waals surface area (Å²) in [6, 6.07) is 3.51. The summed E-state index contributed by atoms with van der Waals surface area (Å²) in [5.41, 5.74) is 0.596. The standard InChI is InChI=1S/C12H16N2O2/c15-12(10-4-3-6-13-8-10)14-9-11-5-1-2-7-16-11/h3-4,6,8,11H,1-2,5,7,9H2,(H,14,15). The number of nitrogens with zero attached hydrogens (tertiary/aromatic N) is 1. The maximum atomic E-state index is 11.7. The van der Waals surface area contributed by atoms with Crippen molar-refractivity contribution >= 4 is 5.91 Å². The Kier molecular flexibility index (Phi) is 3.88. The fourth-order valence-electron chi connectivity index (χ4n) is 1.77. The summed E-state index contributed by atoms with van der Waals surface area (Å²) in [5, 5.41) is 2.86. The molecule has 16 heavy (non-hydrogen) atoms. The molecule has 1 aromatic heterocycles. The second kappa shape index (κ2) is 5.61. The van der Waals surface area contributed by atoms with Gasteiger partial charge >= 0.3 is 0 Å². The van der Waals surface area contributed by atoms with Crippen molar-refractivity contribution in [2.75, 3.05) is 13.2 Å². The van der Waals surface area contributed by atoms with Crippen LogP contribution >= 0.6 is 0 Å². The number of nitrogens with one attached hydrogen (secondary N) is 1. The lowest BCUT2D eigenvalue weighted by molar-refractivity contribution is 0.0169. The van der Waals surface area contributed by atoms with Crippen LogP contribution in [-0.4, -0.2) is 30.1 Å². The predicted molar refractivity (Wildman–Crippen MR) is 60.2 cm³/mol. The van der Waals surface area contributed by atoms with Gasteiger partial charge in [-0.25, -0.2) is 0 Å². The van der Waals surface area contributed by atoms with Gasteiger partial charge < -0.3 is 10.1 Å². The molecule has 0 radical (unpaired) electrons. The molecule has 1 N–H and O–H groups in total. The largest absolute Gasteiger partial charge is 0.376 e. The number of carbonyl (C=O) groups excluding carboxylic acids is 1. The van der Waals surface area contributed by atoms with Crippen molar-refractivity contribution in [1.29, 1.82) is 0 Å². The predicted octanol–water partition coefficient (Wildman–Crippen LogP) is 1.38. The molecule has 4 nitrogen and oxygen atoms in total. The first-order chi connectivity index (χ1) is 7.86. The fraction of sp³-hybridized carbons (Fsp3) is 0.500. The normalized spacial score (nSPS) is 20.4. The molecule has 0 aromatic carbocycles. The highest BCUT2D eigenvalue weighted by atomic mass is 16.5. The van der Waals surface area contributed by atoms with E-state index in [2.05, 4.69) is 10.3 Å². The minimum atomic E-state index is -0.0812. The SMILES string of the molecule is O=C(NCC1CCCCO1)c1cccnc1. The third kappa shape index (κ3) is 3.03. The Morgan fingerprint density at radius 3 is 3.19 bits per heavy atom. The van der Waals surface area contributed by atoms with Crippen LogP contribution in [-0.2, 0) is 4.74 Å². The van der Waals surface area contributed by atoms with E-state index < -0.39 is 0 Å². The summed E-state index contributed by atoms with van der Waals surface area (Å²) < 4.78 is 5.53. The lowest BCUT2D eigenvalue weighted by atomic mass is 10.1. The highest BCUT2D eigenvalue weighted by molar-refractivity contribution is 5.93. The quantitative estimate of drug-likeness (QED) is 0.837. The Balaban J connectivity index is 1.79. The van der Waals surface area contributed by atoms with E-state index in [9.17, 15) is 4.79 Å². The van der Waals surface area contributed by atoms with Gasteiger partial charge in [0, 0.05) is 25.5 Å². The Morgan fingerprint density at radius 2 is 2.50 bits per heavy atom. The maximum Gasteiger partial charge on any atom is 0.252 e. The Hall–Kier alpha value is -1.42. The van der Waals surface area contributed by atoms with Crippen LogP contribution in [0.1, 0.15) is 29.6 Å². The number of aromatic nitrogens is 1. The molecular formula is C12H16N2O2. The van der Waals surface area contributed by atoms with Crippen LogP contribution in [0, 0.1) is 0 Å². The molecule has 0 saturated carbocycles. The molecule has 1 amide bonds. The molecule has 2 rings (SSSR count). The number of pyridine rings is 1. The molecule has 2 heterocycles. The molecule has 1 aliphatic heterocycles. The Labute approximate surface area is 95.0 Å². The molecule has 0 bridgehead atoms. The van der Waals surface area contributed by atoms with Crippen LogP contribution in [0.4, 0.5) is 0 Å². The minimum Gasteiger partial charge on any atom is -0.376 e. The van der Waals surface area contributed by atoms with E-state index in [1.807, 2.05) is 0 Å². The van der Waals surface area contributed by atoms with Crippen LogP contribution in [0.5, 0.6) is 0 Å². The van der Waals surface area contributed by atoms with E-state index >= 15 is 0 Å². The lowest BCUT2D eigenvalue weighted by Crippen LogP contribution is -2.35. The van der Waals surface area contributed by atoms with Gasteiger partial charge in [-0.15, -0.1) is 0 Å².